The minimum absolute atomic E-state index is 0.165. The molecule has 0 aliphatic carbocycles. The zero-order valence-electron chi connectivity index (χ0n) is 11.9. The fourth-order valence-electron chi connectivity index (χ4n) is 2.39. The van der Waals surface area contributed by atoms with Gasteiger partial charge in [0, 0.05) is 18.8 Å². The summed E-state index contributed by atoms with van der Waals surface area (Å²) in [5.74, 6) is -1.68. The monoisotopic (exact) mass is 311 g/mol. The summed E-state index contributed by atoms with van der Waals surface area (Å²) >= 11 is 1.14. The fraction of sp³-hybridized carbons (Fsp3) is 0.538. The van der Waals surface area contributed by atoms with Crippen LogP contribution in [-0.4, -0.2) is 44.9 Å². The van der Waals surface area contributed by atoms with E-state index < -0.39 is 17.4 Å². The van der Waals surface area contributed by atoms with Crippen LogP contribution in [0.4, 0.5) is 5.13 Å². The number of carbonyl (C=O) groups is 3. The number of carbonyl (C=O) groups excluding carboxylic acids is 2. The van der Waals surface area contributed by atoms with Gasteiger partial charge in [-0.1, -0.05) is 0 Å². The van der Waals surface area contributed by atoms with Gasteiger partial charge in [0.05, 0.1) is 0 Å². The predicted octanol–water partition coefficient (Wildman–Crippen LogP) is 1.57. The summed E-state index contributed by atoms with van der Waals surface area (Å²) in [6, 6.07) is 0. The first-order chi connectivity index (χ1) is 9.84. The Balaban J connectivity index is 2.23. The van der Waals surface area contributed by atoms with Crippen molar-refractivity contribution in [3.8, 4) is 0 Å². The number of carboxylic acids is 1. The number of aliphatic carboxylic acids is 1. The van der Waals surface area contributed by atoms with Crippen molar-refractivity contribution in [3.63, 3.8) is 0 Å². The second-order valence-corrected chi connectivity index (χ2v) is 6.07. The van der Waals surface area contributed by atoms with Gasteiger partial charge in [-0.15, -0.1) is 11.3 Å². The van der Waals surface area contributed by atoms with Crippen molar-refractivity contribution in [2.45, 2.75) is 38.6 Å². The molecule has 1 unspecified atom stereocenters. The molecule has 1 fully saturated rings. The maximum Gasteiger partial charge on any atom is 0.329 e. The van der Waals surface area contributed by atoms with Gasteiger partial charge in [-0.05, 0) is 26.2 Å². The van der Waals surface area contributed by atoms with Crippen LogP contribution in [-0.2, 0) is 9.59 Å². The number of nitrogens with one attached hydrogen (secondary N) is 1. The molecule has 0 bridgehead atoms. The number of aromatic nitrogens is 1. The molecule has 21 heavy (non-hydrogen) atoms. The Bertz CT molecular complexity index is 586. The van der Waals surface area contributed by atoms with E-state index in [1.165, 1.54) is 17.2 Å². The molecule has 0 aromatic carbocycles. The molecule has 7 nitrogen and oxygen atoms in total. The number of nitrogens with zero attached hydrogens (tertiary/aromatic N) is 2. The minimum Gasteiger partial charge on any atom is -0.480 e. The molecule has 1 saturated heterocycles. The number of carboxylic acid groups (broad SMARTS) is 1. The molecule has 8 heteroatoms. The Kier molecular flexibility index (Phi) is 4.26. The van der Waals surface area contributed by atoms with Gasteiger partial charge in [0.1, 0.15) is 11.2 Å². The van der Waals surface area contributed by atoms with Crippen molar-refractivity contribution >= 4 is 34.3 Å². The molecular weight excluding hydrogens is 294 g/mol. The van der Waals surface area contributed by atoms with Crippen LogP contribution in [0.3, 0.4) is 0 Å². The van der Waals surface area contributed by atoms with Crippen LogP contribution < -0.4 is 5.32 Å². The fourth-order valence-corrected chi connectivity index (χ4v) is 3.12. The van der Waals surface area contributed by atoms with Gasteiger partial charge in [-0.3, -0.25) is 9.59 Å². The molecule has 0 saturated carbocycles. The molecule has 2 heterocycles. The molecule has 1 atom stereocenters. The van der Waals surface area contributed by atoms with Crippen LogP contribution in [0.5, 0.6) is 0 Å². The first-order valence-electron chi connectivity index (χ1n) is 6.63. The average Bonchev–Trinajstić information content (AvgIpc) is 2.86. The van der Waals surface area contributed by atoms with E-state index in [4.69, 9.17) is 0 Å². The normalized spacial score (nSPS) is 21.9. The Hall–Kier alpha value is -1.96. The maximum atomic E-state index is 12.5. The summed E-state index contributed by atoms with van der Waals surface area (Å²) in [6.45, 7) is 3.32. The second kappa shape index (κ2) is 5.80. The highest BCUT2D eigenvalue weighted by Gasteiger charge is 2.44. The lowest BCUT2D eigenvalue weighted by atomic mass is 9.88. The van der Waals surface area contributed by atoms with Crippen LogP contribution in [0.15, 0.2) is 5.38 Å². The van der Waals surface area contributed by atoms with Crippen LogP contribution in [0.1, 0.15) is 43.6 Å². The number of piperidine rings is 1. The first kappa shape index (κ1) is 15.4. The Morgan fingerprint density at radius 1 is 1.43 bits per heavy atom. The highest BCUT2D eigenvalue weighted by molar-refractivity contribution is 7.14. The van der Waals surface area contributed by atoms with Gasteiger partial charge in [-0.2, -0.15) is 0 Å². The zero-order valence-corrected chi connectivity index (χ0v) is 12.7. The molecule has 1 aliphatic heterocycles. The van der Waals surface area contributed by atoms with Gasteiger partial charge >= 0.3 is 5.97 Å². The summed E-state index contributed by atoms with van der Waals surface area (Å²) in [5, 5.41) is 13.8. The van der Waals surface area contributed by atoms with Gasteiger partial charge in [0.2, 0.25) is 5.91 Å². The molecule has 2 N–H and O–H groups in total. The minimum atomic E-state index is -1.20. The van der Waals surface area contributed by atoms with E-state index >= 15 is 0 Å². The number of anilines is 1. The molecule has 1 aromatic rings. The largest absolute Gasteiger partial charge is 0.480 e. The number of amides is 2. The summed E-state index contributed by atoms with van der Waals surface area (Å²) in [7, 11) is 0. The highest BCUT2D eigenvalue weighted by atomic mass is 32.1. The van der Waals surface area contributed by atoms with E-state index in [0.717, 1.165) is 24.2 Å². The lowest BCUT2D eigenvalue weighted by Gasteiger charge is -2.41. The van der Waals surface area contributed by atoms with E-state index in [0.29, 0.717) is 18.1 Å². The molecule has 1 aromatic heterocycles. The van der Waals surface area contributed by atoms with E-state index in [2.05, 4.69) is 10.3 Å². The number of rotatable bonds is 3. The number of thiazole rings is 1. The molecule has 1 aliphatic rings. The predicted molar refractivity (Wildman–Crippen MR) is 77.3 cm³/mol. The molecule has 0 radical (unpaired) electrons. The smallest absolute Gasteiger partial charge is 0.329 e. The third kappa shape index (κ3) is 3.05. The third-order valence-corrected chi connectivity index (χ3v) is 4.36. The lowest BCUT2D eigenvalue weighted by Crippen LogP contribution is -2.57. The van der Waals surface area contributed by atoms with Crippen LogP contribution in [0.2, 0.25) is 0 Å². The molecule has 114 valence electrons. The first-order valence-corrected chi connectivity index (χ1v) is 7.51. The van der Waals surface area contributed by atoms with E-state index in [-0.39, 0.29) is 11.6 Å². The summed E-state index contributed by atoms with van der Waals surface area (Å²) < 4.78 is 0. The number of hydrogen-bond acceptors (Lipinski definition) is 5. The van der Waals surface area contributed by atoms with Crippen molar-refractivity contribution in [1.29, 1.82) is 0 Å². The van der Waals surface area contributed by atoms with Crippen LogP contribution >= 0.6 is 11.3 Å². The van der Waals surface area contributed by atoms with E-state index in [1.807, 2.05) is 0 Å². The zero-order chi connectivity index (χ0) is 15.6. The van der Waals surface area contributed by atoms with Crippen molar-refractivity contribution in [2.75, 3.05) is 11.9 Å². The lowest BCUT2D eigenvalue weighted by molar-refractivity contribution is -0.150. The van der Waals surface area contributed by atoms with E-state index in [9.17, 15) is 19.5 Å². The summed E-state index contributed by atoms with van der Waals surface area (Å²) in [4.78, 5) is 40.4. The van der Waals surface area contributed by atoms with E-state index in [1.54, 1.807) is 6.92 Å². The quantitative estimate of drug-likeness (QED) is 0.882. The van der Waals surface area contributed by atoms with Gasteiger partial charge in [-0.25, -0.2) is 9.78 Å². The van der Waals surface area contributed by atoms with Crippen molar-refractivity contribution < 1.29 is 19.5 Å². The summed E-state index contributed by atoms with van der Waals surface area (Å²) in [5.41, 5.74) is -1.04. The van der Waals surface area contributed by atoms with Gasteiger partial charge in [0.25, 0.3) is 5.91 Å². The average molecular weight is 311 g/mol. The Labute approximate surface area is 126 Å². The second-order valence-electron chi connectivity index (χ2n) is 5.21. The third-order valence-electron chi connectivity index (χ3n) is 3.60. The molecular formula is C13H17N3O4S. The SMILES string of the molecule is CC(=O)Nc1nc(C(=O)N2CCCCC2(C)C(=O)O)cs1. The topological polar surface area (TPSA) is 99.6 Å². The molecule has 0 spiro atoms. The molecule has 2 rings (SSSR count). The van der Waals surface area contributed by atoms with Crippen LogP contribution in [0.25, 0.3) is 0 Å². The van der Waals surface area contributed by atoms with Crippen LogP contribution in [0, 0.1) is 0 Å². The number of hydrogen-bond donors (Lipinski definition) is 2. The van der Waals surface area contributed by atoms with Gasteiger partial charge in [0.15, 0.2) is 5.13 Å². The summed E-state index contributed by atoms with van der Waals surface area (Å²) in [6.07, 6.45) is 1.98. The highest BCUT2D eigenvalue weighted by Crippen LogP contribution is 2.30. The van der Waals surface area contributed by atoms with Crippen molar-refractivity contribution in [2.24, 2.45) is 0 Å². The van der Waals surface area contributed by atoms with Gasteiger partial charge < -0.3 is 15.3 Å². The molecule has 2 amide bonds. The Morgan fingerprint density at radius 2 is 2.14 bits per heavy atom. The Morgan fingerprint density at radius 3 is 2.76 bits per heavy atom. The van der Waals surface area contributed by atoms with Crippen molar-refractivity contribution in [1.82, 2.24) is 9.88 Å². The standard InChI is InChI=1S/C13H17N3O4S/c1-8(17)14-12-15-9(7-21-12)10(18)16-6-4-3-5-13(16,2)11(19)20/h7H,3-6H2,1-2H3,(H,19,20)(H,14,15,17). The number of likely N-dealkylation sites (tertiary alicyclic amines) is 1. The maximum absolute atomic E-state index is 12.5. The van der Waals surface area contributed by atoms with Crippen molar-refractivity contribution in [3.05, 3.63) is 11.1 Å².